The van der Waals surface area contributed by atoms with Crippen molar-refractivity contribution >= 4 is 16.7 Å². The van der Waals surface area contributed by atoms with E-state index in [0.717, 1.165) is 28.0 Å². The Morgan fingerprint density at radius 3 is 2.72 bits per heavy atom. The van der Waals surface area contributed by atoms with Gasteiger partial charge in [0.05, 0.1) is 6.26 Å². The number of fused-ring (bicyclic) bond motifs is 1. The summed E-state index contributed by atoms with van der Waals surface area (Å²) < 4.78 is 11.2. The fourth-order valence-corrected chi connectivity index (χ4v) is 1.89. The van der Waals surface area contributed by atoms with E-state index in [1.165, 1.54) is 0 Å². The van der Waals surface area contributed by atoms with Gasteiger partial charge in [0.1, 0.15) is 17.9 Å². The van der Waals surface area contributed by atoms with Crippen LogP contribution in [0.25, 0.3) is 11.0 Å². The molecule has 0 atom stereocenters. The van der Waals surface area contributed by atoms with Crippen LogP contribution in [0.1, 0.15) is 5.56 Å². The van der Waals surface area contributed by atoms with Crippen molar-refractivity contribution in [2.45, 2.75) is 6.61 Å². The van der Waals surface area contributed by atoms with E-state index in [2.05, 4.69) is 0 Å². The second-order valence-electron chi connectivity index (χ2n) is 4.12. The third-order valence-electron chi connectivity index (χ3n) is 2.82. The lowest BCUT2D eigenvalue weighted by Gasteiger charge is -2.04. The normalized spacial score (nSPS) is 10.7. The number of nitrogen functional groups attached to an aromatic ring is 1. The van der Waals surface area contributed by atoms with Crippen LogP contribution in [-0.4, -0.2) is 0 Å². The highest BCUT2D eigenvalue weighted by molar-refractivity contribution is 5.84. The van der Waals surface area contributed by atoms with Gasteiger partial charge in [0.25, 0.3) is 0 Å². The summed E-state index contributed by atoms with van der Waals surface area (Å²) in [6.07, 6.45) is 1.72. The predicted molar refractivity (Wildman–Crippen MR) is 71.4 cm³/mol. The summed E-state index contributed by atoms with van der Waals surface area (Å²) in [6.45, 7) is 0.473. The largest absolute Gasteiger partial charge is 0.489 e. The molecule has 0 spiro atoms. The third-order valence-corrected chi connectivity index (χ3v) is 2.82. The van der Waals surface area contributed by atoms with Crippen molar-refractivity contribution in [3.63, 3.8) is 0 Å². The van der Waals surface area contributed by atoms with Crippen molar-refractivity contribution < 1.29 is 9.15 Å². The number of hydrogen-bond donors (Lipinski definition) is 1. The van der Waals surface area contributed by atoms with Crippen LogP contribution in [0.4, 0.5) is 5.69 Å². The Morgan fingerprint density at radius 1 is 1.06 bits per heavy atom. The number of rotatable bonds is 3. The number of para-hydroxylation sites is 1. The molecule has 1 heterocycles. The number of anilines is 1. The first kappa shape index (κ1) is 10.7. The molecule has 1 aromatic heterocycles. The lowest BCUT2D eigenvalue weighted by molar-refractivity contribution is 0.306. The summed E-state index contributed by atoms with van der Waals surface area (Å²) in [7, 11) is 0. The van der Waals surface area contributed by atoms with Crippen molar-refractivity contribution in [2.75, 3.05) is 5.73 Å². The Labute approximate surface area is 105 Å². The average Bonchev–Trinajstić information content (AvgIpc) is 2.80. The van der Waals surface area contributed by atoms with Gasteiger partial charge in [-0.3, -0.25) is 0 Å². The zero-order chi connectivity index (χ0) is 12.4. The number of furan rings is 1. The number of benzene rings is 2. The predicted octanol–water partition coefficient (Wildman–Crippen LogP) is 3.59. The van der Waals surface area contributed by atoms with Crippen LogP contribution in [-0.2, 0) is 6.61 Å². The number of nitrogens with two attached hydrogens (primary N) is 1. The monoisotopic (exact) mass is 239 g/mol. The number of ether oxygens (including phenoxy) is 1. The molecule has 0 saturated heterocycles. The Hall–Kier alpha value is -2.42. The molecule has 18 heavy (non-hydrogen) atoms. The molecule has 3 rings (SSSR count). The molecule has 0 saturated carbocycles. The maximum Gasteiger partial charge on any atom is 0.134 e. The third kappa shape index (κ3) is 2.02. The zero-order valence-electron chi connectivity index (χ0n) is 9.80. The summed E-state index contributed by atoms with van der Waals surface area (Å²) >= 11 is 0. The molecule has 0 aliphatic heterocycles. The minimum absolute atomic E-state index is 0.473. The molecule has 3 heteroatoms. The first-order valence-electron chi connectivity index (χ1n) is 5.76. The van der Waals surface area contributed by atoms with Crippen LogP contribution in [0, 0.1) is 0 Å². The molecule has 0 unspecified atom stereocenters. The van der Waals surface area contributed by atoms with Crippen molar-refractivity contribution in [2.24, 2.45) is 0 Å². The first-order valence-corrected chi connectivity index (χ1v) is 5.76. The molecular formula is C15H13NO2. The van der Waals surface area contributed by atoms with Crippen LogP contribution in [0.3, 0.4) is 0 Å². The molecule has 2 aromatic carbocycles. The van der Waals surface area contributed by atoms with Gasteiger partial charge < -0.3 is 14.9 Å². The summed E-state index contributed by atoms with van der Waals surface area (Å²) in [5.74, 6) is 0.843. The van der Waals surface area contributed by atoms with Gasteiger partial charge in [-0.15, -0.1) is 0 Å². The SMILES string of the molecule is Nc1ccc2occ(COc3ccccc3)c2c1. The second-order valence-corrected chi connectivity index (χ2v) is 4.12. The topological polar surface area (TPSA) is 48.4 Å². The fourth-order valence-electron chi connectivity index (χ4n) is 1.89. The maximum absolute atomic E-state index is 5.78. The quantitative estimate of drug-likeness (QED) is 0.710. The van der Waals surface area contributed by atoms with Gasteiger partial charge in [-0.2, -0.15) is 0 Å². The van der Waals surface area contributed by atoms with E-state index in [1.807, 2.05) is 48.5 Å². The van der Waals surface area contributed by atoms with Gasteiger partial charge in [-0.1, -0.05) is 18.2 Å². The average molecular weight is 239 g/mol. The number of hydrogen-bond acceptors (Lipinski definition) is 3. The zero-order valence-corrected chi connectivity index (χ0v) is 9.80. The van der Waals surface area contributed by atoms with Crippen LogP contribution in [0.15, 0.2) is 59.2 Å². The van der Waals surface area contributed by atoms with Gasteiger partial charge in [-0.05, 0) is 30.3 Å². The molecule has 3 nitrogen and oxygen atoms in total. The summed E-state index contributed by atoms with van der Waals surface area (Å²) in [5, 5.41) is 1.01. The minimum atomic E-state index is 0.473. The Balaban J connectivity index is 1.85. The maximum atomic E-state index is 5.78. The highest BCUT2D eigenvalue weighted by Gasteiger charge is 2.06. The van der Waals surface area contributed by atoms with E-state index in [9.17, 15) is 0 Å². The van der Waals surface area contributed by atoms with Crippen molar-refractivity contribution in [1.82, 2.24) is 0 Å². The van der Waals surface area contributed by atoms with E-state index in [4.69, 9.17) is 14.9 Å². The fraction of sp³-hybridized carbons (Fsp3) is 0.0667. The molecule has 0 aliphatic rings. The van der Waals surface area contributed by atoms with Crippen LogP contribution >= 0.6 is 0 Å². The summed E-state index contributed by atoms with van der Waals surface area (Å²) in [6, 6.07) is 15.3. The van der Waals surface area contributed by atoms with E-state index in [1.54, 1.807) is 6.26 Å². The molecule has 0 radical (unpaired) electrons. The van der Waals surface area contributed by atoms with E-state index >= 15 is 0 Å². The lowest BCUT2D eigenvalue weighted by atomic mass is 10.1. The van der Waals surface area contributed by atoms with Crippen molar-refractivity contribution in [3.05, 3.63) is 60.4 Å². The molecule has 3 aromatic rings. The van der Waals surface area contributed by atoms with E-state index < -0.39 is 0 Å². The molecule has 0 aliphatic carbocycles. The highest BCUT2D eigenvalue weighted by Crippen LogP contribution is 2.24. The summed E-state index contributed by atoms with van der Waals surface area (Å²) in [4.78, 5) is 0. The lowest BCUT2D eigenvalue weighted by Crippen LogP contribution is -1.94. The van der Waals surface area contributed by atoms with Gasteiger partial charge in [0.2, 0.25) is 0 Å². The van der Waals surface area contributed by atoms with Gasteiger partial charge >= 0.3 is 0 Å². The molecule has 2 N–H and O–H groups in total. The van der Waals surface area contributed by atoms with Gasteiger partial charge in [-0.25, -0.2) is 0 Å². The van der Waals surface area contributed by atoms with Crippen molar-refractivity contribution in [3.8, 4) is 5.75 Å². The molecule has 0 amide bonds. The van der Waals surface area contributed by atoms with Crippen LogP contribution in [0.2, 0.25) is 0 Å². The summed E-state index contributed by atoms with van der Waals surface area (Å²) in [5.41, 5.74) is 8.33. The minimum Gasteiger partial charge on any atom is -0.489 e. The Morgan fingerprint density at radius 2 is 1.89 bits per heavy atom. The van der Waals surface area contributed by atoms with Crippen LogP contribution in [0.5, 0.6) is 5.75 Å². The standard InChI is InChI=1S/C15H13NO2/c16-12-6-7-15-14(8-12)11(10-18-15)9-17-13-4-2-1-3-5-13/h1-8,10H,9,16H2. The van der Waals surface area contributed by atoms with Crippen molar-refractivity contribution in [1.29, 1.82) is 0 Å². The second kappa shape index (κ2) is 4.45. The van der Waals surface area contributed by atoms with E-state index in [0.29, 0.717) is 6.61 Å². The smallest absolute Gasteiger partial charge is 0.134 e. The van der Waals surface area contributed by atoms with Gasteiger partial charge in [0, 0.05) is 16.6 Å². The molecule has 0 fully saturated rings. The Bertz CT molecular complexity index is 659. The Kier molecular flexibility index (Phi) is 2.65. The molecule has 0 bridgehead atoms. The van der Waals surface area contributed by atoms with Gasteiger partial charge in [0.15, 0.2) is 0 Å². The molecule has 90 valence electrons. The highest BCUT2D eigenvalue weighted by atomic mass is 16.5. The first-order chi connectivity index (χ1) is 8.83. The van der Waals surface area contributed by atoms with Crippen LogP contribution < -0.4 is 10.5 Å². The molecular weight excluding hydrogens is 226 g/mol. The van der Waals surface area contributed by atoms with E-state index in [-0.39, 0.29) is 0 Å².